The second kappa shape index (κ2) is 4.65. The minimum absolute atomic E-state index is 0.128. The van der Waals surface area contributed by atoms with Crippen LogP contribution in [0.25, 0.3) is 0 Å². The molecule has 0 aromatic heterocycles. The number of aliphatic hydroxyl groups excluding tert-OH is 1. The average Bonchev–Trinajstić information content (AvgIpc) is 1.99. The van der Waals surface area contributed by atoms with Crippen molar-refractivity contribution < 1.29 is 13.9 Å². The van der Waals surface area contributed by atoms with Crippen molar-refractivity contribution in [3.63, 3.8) is 0 Å². The third kappa shape index (κ3) is 3.65. The summed E-state index contributed by atoms with van der Waals surface area (Å²) < 4.78 is 25.4. The summed E-state index contributed by atoms with van der Waals surface area (Å²) in [5, 5.41) is 8.80. The second-order valence-electron chi connectivity index (χ2n) is 2.67. The molecular formula is C8H15F2O. The molecule has 0 aliphatic heterocycles. The second-order valence-corrected chi connectivity index (χ2v) is 2.67. The lowest BCUT2D eigenvalue weighted by atomic mass is 10.0. The van der Waals surface area contributed by atoms with E-state index in [1.54, 1.807) is 0 Å². The first kappa shape index (κ1) is 10.8. The first-order chi connectivity index (χ1) is 5.04. The Balaban J connectivity index is 3.77. The van der Waals surface area contributed by atoms with Crippen molar-refractivity contribution in [2.75, 3.05) is 0 Å². The van der Waals surface area contributed by atoms with Crippen molar-refractivity contribution in [2.24, 2.45) is 0 Å². The van der Waals surface area contributed by atoms with Crippen LogP contribution in [0.2, 0.25) is 0 Å². The van der Waals surface area contributed by atoms with Gasteiger partial charge < -0.3 is 5.11 Å². The summed E-state index contributed by atoms with van der Waals surface area (Å²) in [6.45, 7) is 5.07. The van der Waals surface area contributed by atoms with E-state index in [-0.39, 0.29) is 12.8 Å². The summed E-state index contributed by atoms with van der Waals surface area (Å²) in [7, 11) is 0. The molecule has 0 bridgehead atoms. The maximum atomic E-state index is 12.7. The maximum Gasteiger partial charge on any atom is 0.273 e. The highest BCUT2D eigenvalue weighted by molar-refractivity contribution is 4.76. The van der Waals surface area contributed by atoms with Gasteiger partial charge in [0.15, 0.2) is 0 Å². The molecule has 0 aromatic carbocycles. The molecule has 0 rings (SSSR count). The van der Waals surface area contributed by atoms with E-state index in [9.17, 15) is 8.78 Å². The van der Waals surface area contributed by atoms with Gasteiger partial charge in [0.1, 0.15) is 6.10 Å². The van der Waals surface area contributed by atoms with E-state index < -0.39 is 12.0 Å². The summed E-state index contributed by atoms with van der Waals surface area (Å²) in [6, 6.07) is 0. The maximum absolute atomic E-state index is 12.7. The molecule has 11 heavy (non-hydrogen) atoms. The highest BCUT2D eigenvalue weighted by Crippen LogP contribution is 2.26. The van der Waals surface area contributed by atoms with Crippen LogP contribution in [0.5, 0.6) is 0 Å². The molecule has 1 nitrogen and oxygen atoms in total. The van der Waals surface area contributed by atoms with Crippen molar-refractivity contribution in [3.05, 3.63) is 6.92 Å². The van der Waals surface area contributed by atoms with Crippen LogP contribution >= 0.6 is 0 Å². The van der Waals surface area contributed by atoms with Gasteiger partial charge in [-0.25, -0.2) is 8.78 Å². The Morgan fingerprint density at radius 2 is 2.09 bits per heavy atom. The molecule has 1 N–H and O–H groups in total. The number of aliphatic hydroxyl groups is 1. The van der Waals surface area contributed by atoms with Crippen LogP contribution in [0.15, 0.2) is 0 Å². The van der Waals surface area contributed by atoms with Crippen molar-refractivity contribution in [3.8, 4) is 0 Å². The lowest BCUT2D eigenvalue weighted by Gasteiger charge is -2.20. The summed E-state index contributed by atoms with van der Waals surface area (Å²) in [4.78, 5) is 0. The van der Waals surface area contributed by atoms with Gasteiger partial charge in [-0.05, 0) is 12.8 Å². The van der Waals surface area contributed by atoms with Crippen LogP contribution in [0, 0.1) is 6.92 Å². The molecule has 67 valence electrons. The molecule has 0 aliphatic rings. The Kier molecular flexibility index (Phi) is 4.57. The lowest BCUT2D eigenvalue weighted by molar-refractivity contribution is -0.112. The smallest absolute Gasteiger partial charge is 0.273 e. The molecule has 3 heteroatoms. The zero-order valence-corrected chi connectivity index (χ0v) is 6.82. The van der Waals surface area contributed by atoms with Crippen molar-refractivity contribution >= 4 is 0 Å². The zero-order chi connectivity index (χ0) is 8.91. The van der Waals surface area contributed by atoms with Crippen LogP contribution in [0.3, 0.4) is 0 Å². The number of hydrogen-bond acceptors (Lipinski definition) is 1. The summed E-state index contributed by atoms with van der Waals surface area (Å²) in [5.41, 5.74) is 0. The minimum atomic E-state index is -2.95. The number of alkyl halides is 2. The van der Waals surface area contributed by atoms with Crippen LogP contribution in [-0.2, 0) is 0 Å². The first-order valence-corrected chi connectivity index (χ1v) is 3.89. The topological polar surface area (TPSA) is 20.2 Å². The average molecular weight is 165 g/mol. The van der Waals surface area contributed by atoms with Crippen molar-refractivity contribution in [2.45, 2.75) is 44.6 Å². The van der Waals surface area contributed by atoms with Crippen LogP contribution in [0.1, 0.15) is 32.6 Å². The largest absolute Gasteiger partial charge is 0.387 e. The third-order valence-electron chi connectivity index (χ3n) is 1.62. The van der Waals surface area contributed by atoms with Gasteiger partial charge in [-0.1, -0.05) is 20.3 Å². The Morgan fingerprint density at radius 3 is 2.45 bits per heavy atom. The molecule has 0 fully saturated rings. The van der Waals surface area contributed by atoms with Gasteiger partial charge in [0, 0.05) is 6.42 Å². The van der Waals surface area contributed by atoms with Gasteiger partial charge in [-0.3, -0.25) is 0 Å². The fraction of sp³-hybridized carbons (Fsp3) is 0.875. The van der Waals surface area contributed by atoms with Gasteiger partial charge >= 0.3 is 0 Å². The van der Waals surface area contributed by atoms with Crippen LogP contribution in [-0.4, -0.2) is 17.1 Å². The van der Waals surface area contributed by atoms with Gasteiger partial charge in [0.2, 0.25) is 0 Å². The van der Waals surface area contributed by atoms with Crippen molar-refractivity contribution in [1.29, 1.82) is 0 Å². The fourth-order valence-electron chi connectivity index (χ4n) is 0.790. The predicted octanol–water partition coefficient (Wildman–Crippen LogP) is 2.40. The van der Waals surface area contributed by atoms with E-state index in [4.69, 9.17) is 5.11 Å². The molecule has 0 amide bonds. The zero-order valence-electron chi connectivity index (χ0n) is 6.82. The molecule has 0 heterocycles. The Labute approximate surface area is 66.4 Å². The fourth-order valence-corrected chi connectivity index (χ4v) is 0.790. The quantitative estimate of drug-likeness (QED) is 0.663. The van der Waals surface area contributed by atoms with E-state index in [0.717, 1.165) is 6.42 Å². The Bertz CT molecular complexity index is 104. The van der Waals surface area contributed by atoms with Crippen molar-refractivity contribution in [1.82, 2.24) is 0 Å². The number of rotatable bonds is 5. The van der Waals surface area contributed by atoms with Crippen LogP contribution in [0.4, 0.5) is 8.78 Å². The number of hydrogen-bond donors (Lipinski definition) is 1. The number of halogens is 2. The molecular weight excluding hydrogens is 150 g/mol. The molecule has 1 unspecified atom stereocenters. The number of unbranched alkanes of at least 4 members (excludes halogenated alkanes) is 1. The molecule has 0 aliphatic carbocycles. The SMILES string of the molecule is [CH2]CC(O)C(F)(F)CCCC. The molecule has 0 aromatic rings. The molecule has 0 saturated carbocycles. The molecule has 0 spiro atoms. The minimum Gasteiger partial charge on any atom is -0.387 e. The Morgan fingerprint density at radius 1 is 1.55 bits per heavy atom. The predicted molar refractivity (Wildman–Crippen MR) is 40.5 cm³/mol. The molecule has 0 saturated heterocycles. The Hall–Kier alpha value is -0.180. The monoisotopic (exact) mass is 165 g/mol. The summed E-state index contributed by atoms with van der Waals surface area (Å²) in [6.07, 6.45) is -0.769. The molecule has 1 atom stereocenters. The normalized spacial score (nSPS) is 15.0. The van der Waals surface area contributed by atoms with Gasteiger partial charge in [-0.2, -0.15) is 0 Å². The van der Waals surface area contributed by atoms with Crippen LogP contribution < -0.4 is 0 Å². The van der Waals surface area contributed by atoms with E-state index in [2.05, 4.69) is 6.92 Å². The standard InChI is InChI=1S/C8H15F2O/c1-3-5-6-8(9,10)7(11)4-2/h7,11H,2-6H2,1H3. The van der Waals surface area contributed by atoms with E-state index in [1.165, 1.54) is 0 Å². The lowest BCUT2D eigenvalue weighted by Crippen LogP contribution is -2.32. The highest BCUT2D eigenvalue weighted by atomic mass is 19.3. The first-order valence-electron chi connectivity index (χ1n) is 3.89. The van der Waals surface area contributed by atoms with E-state index >= 15 is 0 Å². The van der Waals surface area contributed by atoms with Gasteiger partial charge in [0.25, 0.3) is 5.92 Å². The van der Waals surface area contributed by atoms with E-state index in [1.807, 2.05) is 6.92 Å². The highest BCUT2D eigenvalue weighted by Gasteiger charge is 2.35. The van der Waals surface area contributed by atoms with Gasteiger partial charge in [0.05, 0.1) is 0 Å². The third-order valence-corrected chi connectivity index (χ3v) is 1.62. The van der Waals surface area contributed by atoms with E-state index in [0.29, 0.717) is 6.42 Å². The summed E-state index contributed by atoms with van der Waals surface area (Å²) >= 11 is 0. The summed E-state index contributed by atoms with van der Waals surface area (Å²) in [5.74, 6) is -2.95. The molecule has 1 radical (unpaired) electrons. The van der Waals surface area contributed by atoms with Gasteiger partial charge in [-0.15, -0.1) is 0 Å².